The first-order valence-electron chi connectivity index (χ1n) is 9.84. The molecule has 1 unspecified atom stereocenters. The fourth-order valence-electron chi connectivity index (χ4n) is 3.00. The van der Waals surface area contributed by atoms with Gasteiger partial charge in [-0.15, -0.1) is 13.2 Å². The smallest absolute Gasteiger partial charge is 0.315 e. The third-order valence-corrected chi connectivity index (χ3v) is 4.49. The number of pyridine rings is 1. The molecule has 0 saturated heterocycles. The molecule has 1 aromatic heterocycles. The Hall–Kier alpha value is -3.81. The summed E-state index contributed by atoms with van der Waals surface area (Å²) in [6, 6.07) is 7.66. The van der Waals surface area contributed by atoms with Crippen LogP contribution in [0.15, 0.2) is 61.8 Å². The van der Waals surface area contributed by atoms with E-state index < -0.39 is 16.8 Å². The predicted octanol–water partition coefficient (Wildman–Crippen LogP) is 4.78. The third-order valence-electron chi connectivity index (χ3n) is 4.49. The summed E-state index contributed by atoms with van der Waals surface area (Å²) in [4.78, 5) is 39.6. The molecule has 8 heteroatoms. The van der Waals surface area contributed by atoms with Crippen molar-refractivity contribution in [2.24, 2.45) is 0 Å². The van der Waals surface area contributed by atoms with Crippen LogP contribution in [0.2, 0.25) is 0 Å². The molecule has 1 aromatic carbocycles. The normalized spacial score (nSPS) is 11.3. The number of nitrogens with zero attached hydrogens (tertiary/aromatic N) is 2. The van der Waals surface area contributed by atoms with E-state index in [2.05, 4.69) is 23.5 Å². The number of benzene rings is 1. The number of non-ortho nitro benzene ring substituents is 1. The van der Waals surface area contributed by atoms with Gasteiger partial charge in [-0.3, -0.25) is 24.7 Å². The first-order chi connectivity index (χ1) is 14.9. The summed E-state index contributed by atoms with van der Waals surface area (Å²) in [6.07, 6.45) is 5.83. The van der Waals surface area contributed by atoms with Crippen LogP contribution in [0.1, 0.15) is 37.8 Å². The number of allylic oxidation sites excluding steroid dienone is 2. The van der Waals surface area contributed by atoms with Crippen LogP contribution in [0.3, 0.4) is 0 Å². The maximum Gasteiger partial charge on any atom is 0.315 e. The Morgan fingerprint density at radius 3 is 2.68 bits per heavy atom. The van der Waals surface area contributed by atoms with Gasteiger partial charge in [0.05, 0.1) is 22.9 Å². The van der Waals surface area contributed by atoms with E-state index in [1.165, 1.54) is 12.1 Å². The molecule has 1 N–H and O–H groups in total. The van der Waals surface area contributed by atoms with Crippen LogP contribution in [-0.2, 0) is 14.3 Å². The van der Waals surface area contributed by atoms with Crippen LogP contribution in [0.5, 0.6) is 0 Å². The topological polar surface area (TPSA) is 111 Å². The largest absolute Gasteiger partial charge is 0.465 e. The second-order valence-electron chi connectivity index (χ2n) is 6.66. The van der Waals surface area contributed by atoms with Crippen LogP contribution in [0.4, 0.5) is 11.4 Å². The van der Waals surface area contributed by atoms with E-state index in [0.29, 0.717) is 35.3 Å². The van der Waals surface area contributed by atoms with Crippen LogP contribution in [0.25, 0.3) is 11.1 Å². The van der Waals surface area contributed by atoms with Crippen molar-refractivity contribution in [1.82, 2.24) is 4.98 Å². The van der Waals surface area contributed by atoms with Gasteiger partial charge in [-0.25, -0.2) is 0 Å². The van der Waals surface area contributed by atoms with E-state index in [0.717, 1.165) is 0 Å². The van der Waals surface area contributed by atoms with E-state index in [-0.39, 0.29) is 24.6 Å². The zero-order valence-electron chi connectivity index (χ0n) is 17.4. The van der Waals surface area contributed by atoms with Crippen molar-refractivity contribution in [1.29, 1.82) is 0 Å². The number of hydrogen-bond donors (Lipinski definition) is 1. The summed E-state index contributed by atoms with van der Waals surface area (Å²) >= 11 is 0. The quantitative estimate of drug-likeness (QED) is 0.241. The van der Waals surface area contributed by atoms with Gasteiger partial charge in [0.25, 0.3) is 5.69 Å². The maximum absolute atomic E-state index is 12.4. The summed E-state index contributed by atoms with van der Waals surface area (Å²) in [5.41, 5.74) is 1.86. The van der Waals surface area contributed by atoms with Crippen molar-refractivity contribution in [2.75, 3.05) is 11.9 Å². The minimum absolute atomic E-state index is 0.145. The van der Waals surface area contributed by atoms with Crippen LogP contribution in [0, 0.1) is 10.1 Å². The molecule has 162 valence electrons. The predicted molar refractivity (Wildman–Crippen MR) is 119 cm³/mol. The van der Waals surface area contributed by atoms with Crippen LogP contribution < -0.4 is 5.32 Å². The molecule has 0 fully saturated rings. The first-order valence-corrected chi connectivity index (χ1v) is 9.84. The Morgan fingerprint density at radius 2 is 2.03 bits per heavy atom. The Kier molecular flexibility index (Phi) is 8.63. The average Bonchev–Trinajstić information content (AvgIpc) is 2.76. The lowest BCUT2D eigenvalue weighted by Crippen LogP contribution is -2.17. The Balaban J connectivity index is 2.49. The number of amides is 1. The van der Waals surface area contributed by atoms with Gasteiger partial charge in [-0.1, -0.05) is 12.2 Å². The number of carbonyl (C=O) groups is 2. The molecule has 0 bridgehead atoms. The maximum atomic E-state index is 12.4. The van der Waals surface area contributed by atoms with Gasteiger partial charge in [0.2, 0.25) is 5.91 Å². The number of carbonyl (C=O) groups excluding carboxylic acids is 2. The first kappa shape index (κ1) is 23.5. The monoisotopic (exact) mass is 423 g/mol. The molecule has 0 aliphatic carbocycles. The second kappa shape index (κ2) is 11.4. The molecule has 0 saturated carbocycles. The second-order valence-corrected chi connectivity index (χ2v) is 6.66. The summed E-state index contributed by atoms with van der Waals surface area (Å²) in [5, 5.41) is 14.0. The summed E-state index contributed by atoms with van der Waals surface area (Å²) < 4.78 is 5.15. The molecule has 31 heavy (non-hydrogen) atoms. The number of anilines is 1. The highest BCUT2D eigenvalue weighted by atomic mass is 16.6. The number of nitro benzene ring substituents is 1. The van der Waals surface area contributed by atoms with E-state index in [1.807, 2.05) is 0 Å². The van der Waals surface area contributed by atoms with Gasteiger partial charge in [-0.2, -0.15) is 0 Å². The van der Waals surface area contributed by atoms with E-state index >= 15 is 0 Å². The van der Waals surface area contributed by atoms with E-state index in [1.54, 1.807) is 43.5 Å². The average molecular weight is 423 g/mol. The Bertz CT molecular complexity index is 987. The molecule has 2 rings (SSSR count). The molecule has 1 heterocycles. The minimum atomic E-state index is -0.624. The van der Waals surface area contributed by atoms with Gasteiger partial charge < -0.3 is 10.1 Å². The van der Waals surface area contributed by atoms with Crippen LogP contribution in [-0.4, -0.2) is 28.4 Å². The lowest BCUT2D eigenvalue weighted by Gasteiger charge is -2.16. The fourth-order valence-corrected chi connectivity index (χ4v) is 3.00. The number of nitrogens with one attached hydrogen (secondary N) is 1. The molecule has 1 atom stereocenters. The van der Waals surface area contributed by atoms with Crippen molar-refractivity contribution in [3.8, 4) is 11.1 Å². The van der Waals surface area contributed by atoms with Crippen molar-refractivity contribution in [3.05, 3.63) is 77.6 Å². The zero-order chi connectivity index (χ0) is 22.8. The standard InChI is InChI=1S/C23H25N3O5/c1-4-7-9-22(27)25-21-15-17(26(29)30)10-11-18(21)16-12-13-24-20(14-16)19(8-5-2)23(28)31-6-3/h4-5,10-15,19H,1-2,6-9H2,3H3,(H,25,27). The van der Waals surface area contributed by atoms with Gasteiger partial charge in [0.15, 0.2) is 0 Å². The summed E-state index contributed by atoms with van der Waals surface area (Å²) in [5.74, 6) is -1.32. The highest BCUT2D eigenvalue weighted by Gasteiger charge is 2.23. The van der Waals surface area contributed by atoms with Gasteiger partial charge in [0.1, 0.15) is 5.92 Å². The van der Waals surface area contributed by atoms with Crippen molar-refractivity contribution in [3.63, 3.8) is 0 Å². The van der Waals surface area contributed by atoms with Crippen molar-refractivity contribution < 1.29 is 19.2 Å². The highest BCUT2D eigenvalue weighted by molar-refractivity contribution is 5.96. The van der Waals surface area contributed by atoms with Crippen molar-refractivity contribution in [2.45, 2.75) is 32.1 Å². The van der Waals surface area contributed by atoms with Crippen molar-refractivity contribution >= 4 is 23.3 Å². The number of ether oxygens (including phenoxy) is 1. The number of esters is 1. The minimum Gasteiger partial charge on any atom is -0.465 e. The summed E-state index contributed by atoms with van der Waals surface area (Å²) in [6.45, 7) is 9.25. The van der Waals surface area contributed by atoms with Gasteiger partial charge in [0, 0.05) is 30.3 Å². The molecule has 1 amide bonds. The fraction of sp³-hybridized carbons (Fsp3) is 0.261. The molecule has 0 radical (unpaired) electrons. The zero-order valence-corrected chi connectivity index (χ0v) is 17.4. The van der Waals surface area contributed by atoms with Gasteiger partial charge in [-0.05, 0) is 43.5 Å². The van der Waals surface area contributed by atoms with Crippen LogP contribution >= 0.6 is 0 Å². The molecule has 0 aliphatic heterocycles. The molecule has 8 nitrogen and oxygen atoms in total. The number of nitro groups is 1. The molecular weight excluding hydrogens is 398 g/mol. The number of hydrogen-bond acceptors (Lipinski definition) is 6. The third kappa shape index (κ3) is 6.33. The Labute approximate surface area is 180 Å². The molecule has 0 aliphatic rings. The lowest BCUT2D eigenvalue weighted by atomic mass is 9.96. The molecular formula is C23H25N3O5. The Morgan fingerprint density at radius 1 is 1.26 bits per heavy atom. The van der Waals surface area contributed by atoms with E-state index in [9.17, 15) is 19.7 Å². The molecule has 2 aromatic rings. The highest BCUT2D eigenvalue weighted by Crippen LogP contribution is 2.33. The lowest BCUT2D eigenvalue weighted by molar-refractivity contribution is -0.384. The SMILES string of the molecule is C=CCCC(=O)Nc1cc([N+](=O)[O-])ccc1-c1ccnc(C(CC=C)C(=O)OCC)c1. The van der Waals surface area contributed by atoms with Gasteiger partial charge >= 0.3 is 5.97 Å². The number of rotatable bonds is 11. The summed E-state index contributed by atoms with van der Waals surface area (Å²) in [7, 11) is 0. The molecule has 0 spiro atoms. The number of aromatic nitrogens is 1. The van der Waals surface area contributed by atoms with E-state index in [4.69, 9.17) is 4.74 Å².